The van der Waals surface area contributed by atoms with Crippen molar-refractivity contribution in [3.05, 3.63) is 31.3 Å². The van der Waals surface area contributed by atoms with Crippen molar-refractivity contribution in [2.45, 2.75) is 33.7 Å². The van der Waals surface area contributed by atoms with Crippen LogP contribution in [0.3, 0.4) is 0 Å². The van der Waals surface area contributed by atoms with Crippen LogP contribution in [0.15, 0.2) is 9.59 Å². The highest BCUT2D eigenvalue weighted by atomic mass is 32.1. The van der Waals surface area contributed by atoms with E-state index in [-0.39, 0.29) is 24.3 Å². The van der Waals surface area contributed by atoms with Gasteiger partial charge in [0.2, 0.25) is 0 Å². The number of hydrogen-bond donors (Lipinski definition) is 1. The predicted octanol–water partition coefficient (Wildman–Crippen LogP) is 1.35. The summed E-state index contributed by atoms with van der Waals surface area (Å²) in [5.41, 5.74) is 0.139. The van der Waals surface area contributed by atoms with Crippen LogP contribution in [0.5, 0.6) is 0 Å². The van der Waals surface area contributed by atoms with Crippen LogP contribution in [0.4, 0.5) is 0 Å². The number of thiophene rings is 1. The summed E-state index contributed by atoms with van der Waals surface area (Å²) in [6.45, 7) is 5.35. The molecular formula is C12H14N2O3S. The number of aromatic amines is 1. The van der Waals surface area contributed by atoms with Gasteiger partial charge in [0.05, 0.1) is 5.39 Å². The van der Waals surface area contributed by atoms with Gasteiger partial charge in [0.25, 0.3) is 5.56 Å². The first-order valence-electron chi connectivity index (χ1n) is 5.64. The average molecular weight is 266 g/mol. The Labute approximate surface area is 107 Å². The number of aryl methyl sites for hydroxylation is 2. The minimum Gasteiger partial charge on any atom is -0.300 e. The average Bonchev–Trinajstić information content (AvgIpc) is 2.53. The van der Waals surface area contributed by atoms with Crippen LogP contribution in [-0.4, -0.2) is 15.3 Å². The van der Waals surface area contributed by atoms with E-state index in [4.69, 9.17) is 0 Å². The molecule has 2 heterocycles. The molecule has 0 radical (unpaired) electrons. The number of carbonyl (C=O) groups excluding carboxylic acids is 1. The monoisotopic (exact) mass is 266 g/mol. The van der Waals surface area contributed by atoms with Crippen LogP contribution in [0.25, 0.3) is 10.2 Å². The molecular weight excluding hydrogens is 252 g/mol. The lowest BCUT2D eigenvalue weighted by Crippen LogP contribution is -2.35. The number of carbonyl (C=O) groups is 1. The van der Waals surface area contributed by atoms with Crippen molar-refractivity contribution < 1.29 is 4.79 Å². The fourth-order valence-electron chi connectivity index (χ4n) is 1.84. The minimum atomic E-state index is -0.449. The van der Waals surface area contributed by atoms with Gasteiger partial charge in [-0.05, 0) is 26.3 Å². The summed E-state index contributed by atoms with van der Waals surface area (Å²) >= 11 is 1.40. The Morgan fingerprint density at radius 2 is 2.00 bits per heavy atom. The fourth-order valence-corrected chi connectivity index (χ4v) is 2.88. The molecule has 0 spiro atoms. The van der Waals surface area contributed by atoms with Crippen LogP contribution in [-0.2, 0) is 11.3 Å². The van der Waals surface area contributed by atoms with Gasteiger partial charge in [-0.15, -0.1) is 11.3 Å². The maximum atomic E-state index is 12.2. The lowest BCUT2D eigenvalue weighted by Gasteiger charge is -2.03. The number of fused-ring (bicyclic) bond motifs is 1. The summed E-state index contributed by atoms with van der Waals surface area (Å²) in [4.78, 5) is 39.3. The van der Waals surface area contributed by atoms with Crippen molar-refractivity contribution >= 4 is 27.3 Å². The number of nitrogens with zero attached hydrogens (tertiary/aromatic N) is 1. The zero-order valence-corrected chi connectivity index (χ0v) is 11.3. The molecule has 0 unspecified atom stereocenters. The Morgan fingerprint density at radius 3 is 2.61 bits per heavy atom. The summed E-state index contributed by atoms with van der Waals surface area (Å²) < 4.78 is 1.10. The number of aromatic nitrogens is 2. The van der Waals surface area contributed by atoms with Gasteiger partial charge in [-0.1, -0.05) is 0 Å². The topological polar surface area (TPSA) is 71.9 Å². The maximum absolute atomic E-state index is 12.2. The highest BCUT2D eigenvalue weighted by molar-refractivity contribution is 7.18. The molecule has 96 valence electrons. The fraction of sp³-hybridized carbons (Fsp3) is 0.417. The third-order valence-electron chi connectivity index (χ3n) is 3.00. The molecule has 0 fully saturated rings. The second-order valence-electron chi connectivity index (χ2n) is 4.33. The second-order valence-corrected chi connectivity index (χ2v) is 5.55. The molecule has 2 rings (SSSR count). The minimum absolute atomic E-state index is 0.0420. The Bertz CT molecular complexity index is 736. The van der Waals surface area contributed by atoms with Gasteiger partial charge in [-0.2, -0.15) is 0 Å². The number of Topliss-reactive ketones (excluding diaryl/α,β-unsaturated/α-hetero) is 1. The van der Waals surface area contributed by atoms with Crippen LogP contribution >= 0.6 is 11.3 Å². The number of rotatable bonds is 3. The number of ketones is 1. The van der Waals surface area contributed by atoms with E-state index in [1.807, 2.05) is 13.8 Å². The van der Waals surface area contributed by atoms with Crippen molar-refractivity contribution in [2.24, 2.45) is 0 Å². The van der Waals surface area contributed by atoms with E-state index in [1.54, 1.807) is 0 Å². The highest BCUT2D eigenvalue weighted by Gasteiger charge is 2.13. The Morgan fingerprint density at radius 1 is 1.33 bits per heavy atom. The number of H-pyrrole nitrogens is 1. The van der Waals surface area contributed by atoms with Gasteiger partial charge in [-0.3, -0.25) is 19.1 Å². The van der Waals surface area contributed by atoms with E-state index in [9.17, 15) is 14.4 Å². The van der Waals surface area contributed by atoms with Gasteiger partial charge in [0, 0.05) is 17.8 Å². The maximum Gasteiger partial charge on any atom is 0.329 e. The second kappa shape index (κ2) is 4.53. The predicted molar refractivity (Wildman–Crippen MR) is 71.5 cm³/mol. The van der Waals surface area contributed by atoms with Gasteiger partial charge in [0.1, 0.15) is 10.6 Å². The quantitative estimate of drug-likeness (QED) is 0.911. The van der Waals surface area contributed by atoms with E-state index in [0.717, 1.165) is 15.0 Å². The highest BCUT2D eigenvalue weighted by Crippen LogP contribution is 2.24. The summed E-state index contributed by atoms with van der Waals surface area (Å²) in [6.07, 6.45) is 0.191. The third-order valence-corrected chi connectivity index (χ3v) is 4.12. The molecule has 0 aliphatic carbocycles. The van der Waals surface area contributed by atoms with Crippen LogP contribution in [0.1, 0.15) is 23.8 Å². The number of nitrogens with one attached hydrogen (secondary N) is 1. The van der Waals surface area contributed by atoms with Crippen molar-refractivity contribution in [3.8, 4) is 0 Å². The van der Waals surface area contributed by atoms with E-state index >= 15 is 0 Å². The van der Waals surface area contributed by atoms with Crippen molar-refractivity contribution in [2.75, 3.05) is 0 Å². The summed E-state index contributed by atoms with van der Waals surface area (Å²) in [6, 6.07) is 0. The van der Waals surface area contributed by atoms with E-state index in [0.29, 0.717) is 10.2 Å². The molecule has 2 aromatic heterocycles. The Balaban J connectivity index is 2.68. The lowest BCUT2D eigenvalue weighted by atomic mass is 10.2. The van der Waals surface area contributed by atoms with E-state index < -0.39 is 5.69 Å². The molecule has 0 saturated heterocycles. The molecule has 0 atom stereocenters. The van der Waals surface area contributed by atoms with E-state index in [1.165, 1.54) is 18.3 Å². The van der Waals surface area contributed by atoms with E-state index in [2.05, 4.69) is 4.98 Å². The van der Waals surface area contributed by atoms with Gasteiger partial charge in [0.15, 0.2) is 0 Å². The van der Waals surface area contributed by atoms with Crippen LogP contribution in [0.2, 0.25) is 0 Å². The first-order valence-corrected chi connectivity index (χ1v) is 6.45. The van der Waals surface area contributed by atoms with Gasteiger partial charge >= 0.3 is 5.69 Å². The molecule has 0 amide bonds. The molecule has 6 heteroatoms. The largest absolute Gasteiger partial charge is 0.329 e. The van der Waals surface area contributed by atoms with Crippen molar-refractivity contribution in [3.63, 3.8) is 0 Å². The van der Waals surface area contributed by atoms with Crippen molar-refractivity contribution in [1.29, 1.82) is 0 Å². The van der Waals surface area contributed by atoms with Crippen LogP contribution < -0.4 is 11.2 Å². The molecule has 2 aromatic rings. The lowest BCUT2D eigenvalue weighted by molar-refractivity contribution is -0.117. The van der Waals surface area contributed by atoms with Gasteiger partial charge in [-0.25, -0.2) is 4.79 Å². The van der Waals surface area contributed by atoms with Crippen molar-refractivity contribution in [1.82, 2.24) is 9.55 Å². The molecule has 0 aliphatic rings. The zero-order chi connectivity index (χ0) is 13.4. The SMILES string of the molecule is CC(=O)CCn1c(=O)[nH]c2sc(C)c(C)c2c1=O. The first-order chi connectivity index (χ1) is 8.41. The zero-order valence-electron chi connectivity index (χ0n) is 10.5. The third kappa shape index (κ3) is 2.03. The molecule has 0 saturated carbocycles. The summed E-state index contributed by atoms with van der Waals surface area (Å²) in [5.74, 6) is -0.0420. The normalized spacial score (nSPS) is 11.1. The Hall–Kier alpha value is -1.69. The standard InChI is InChI=1S/C12H14N2O3S/c1-6(15)4-5-14-11(16)9-7(2)8(3)18-10(9)13-12(14)17/h4-5H2,1-3H3,(H,13,17). The molecule has 1 N–H and O–H groups in total. The molecule has 0 aliphatic heterocycles. The molecule has 5 nitrogen and oxygen atoms in total. The number of hydrogen-bond acceptors (Lipinski definition) is 4. The van der Waals surface area contributed by atoms with Crippen LogP contribution in [0, 0.1) is 13.8 Å². The first kappa shape index (κ1) is 12.8. The molecule has 18 heavy (non-hydrogen) atoms. The van der Waals surface area contributed by atoms with Gasteiger partial charge < -0.3 is 0 Å². The molecule has 0 aromatic carbocycles. The summed E-state index contributed by atoms with van der Waals surface area (Å²) in [5, 5.41) is 0.556. The summed E-state index contributed by atoms with van der Waals surface area (Å²) in [7, 11) is 0. The smallest absolute Gasteiger partial charge is 0.300 e. The molecule has 0 bridgehead atoms. The Kier molecular flexibility index (Phi) is 3.21.